The van der Waals surface area contributed by atoms with Gasteiger partial charge >= 0.3 is 0 Å². The maximum absolute atomic E-state index is 5.00. The molecule has 0 aliphatic carbocycles. The number of nitrogens with zero attached hydrogens (tertiary/aromatic N) is 2. The number of halogens is 1. The molecule has 0 bridgehead atoms. The first-order chi connectivity index (χ1) is 8.27. The van der Waals surface area contributed by atoms with E-state index in [1.807, 2.05) is 7.05 Å². The summed E-state index contributed by atoms with van der Waals surface area (Å²) in [4.78, 5) is 7.96. The minimum atomic E-state index is 0. The molecule has 1 heterocycles. The summed E-state index contributed by atoms with van der Waals surface area (Å²) in [6, 6.07) is 4.21. The van der Waals surface area contributed by atoms with Crippen LogP contribution in [0.2, 0.25) is 0 Å². The van der Waals surface area contributed by atoms with E-state index in [1.165, 1.54) is 4.88 Å². The normalized spacial score (nSPS) is 10.9. The average molecular weight is 383 g/mol. The number of hydrogen-bond acceptors (Lipinski definition) is 3. The van der Waals surface area contributed by atoms with Crippen molar-refractivity contribution in [2.45, 2.75) is 13.5 Å². The number of guanidine groups is 1. The molecular formula is C12H22IN3OS. The Morgan fingerprint density at radius 2 is 2.33 bits per heavy atom. The van der Waals surface area contributed by atoms with Gasteiger partial charge in [-0.25, -0.2) is 0 Å². The Labute approximate surface area is 130 Å². The van der Waals surface area contributed by atoms with Gasteiger partial charge in [-0.3, -0.25) is 4.99 Å². The fraction of sp³-hybridized carbons (Fsp3) is 0.583. The van der Waals surface area contributed by atoms with E-state index in [1.54, 1.807) is 18.4 Å². The summed E-state index contributed by atoms with van der Waals surface area (Å²) in [6.45, 7) is 5.18. The summed E-state index contributed by atoms with van der Waals surface area (Å²) >= 11 is 1.77. The molecule has 0 unspecified atom stereocenters. The third kappa shape index (κ3) is 6.55. The molecule has 0 aliphatic rings. The van der Waals surface area contributed by atoms with Crippen LogP contribution in [0.5, 0.6) is 0 Å². The monoisotopic (exact) mass is 383 g/mol. The third-order valence-electron chi connectivity index (χ3n) is 2.23. The lowest BCUT2D eigenvalue weighted by molar-refractivity contribution is 0.207. The first-order valence-electron chi connectivity index (χ1n) is 5.78. The molecule has 0 amide bonds. The van der Waals surface area contributed by atoms with Gasteiger partial charge in [0.05, 0.1) is 19.7 Å². The van der Waals surface area contributed by atoms with Crippen molar-refractivity contribution in [3.05, 3.63) is 22.4 Å². The Balaban J connectivity index is 0.00000289. The van der Waals surface area contributed by atoms with Crippen molar-refractivity contribution in [1.29, 1.82) is 0 Å². The van der Waals surface area contributed by atoms with Gasteiger partial charge in [-0.15, -0.1) is 35.3 Å². The molecule has 0 saturated heterocycles. The van der Waals surface area contributed by atoms with Crippen LogP contribution in [0.4, 0.5) is 0 Å². The lowest BCUT2D eigenvalue weighted by Gasteiger charge is -2.21. The van der Waals surface area contributed by atoms with E-state index in [9.17, 15) is 0 Å². The molecule has 1 rings (SSSR count). The van der Waals surface area contributed by atoms with Crippen molar-refractivity contribution in [2.24, 2.45) is 4.99 Å². The van der Waals surface area contributed by atoms with Crippen LogP contribution in [0.25, 0.3) is 0 Å². The predicted molar refractivity (Wildman–Crippen MR) is 89.1 cm³/mol. The minimum Gasteiger partial charge on any atom is -0.383 e. The number of aliphatic imine (C=N–C) groups is 1. The number of nitrogens with one attached hydrogen (secondary N) is 1. The fourth-order valence-electron chi connectivity index (χ4n) is 1.42. The van der Waals surface area contributed by atoms with Gasteiger partial charge in [0.15, 0.2) is 5.96 Å². The molecule has 1 aromatic heterocycles. The Hall–Kier alpha value is -0.340. The lowest BCUT2D eigenvalue weighted by atomic mass is 10.4. The Bertz CT molecular complexity index is 330. The summed E-state index contributed by atoms with van der Waals surface area (Å²) in [5.74, 6) is 0.929. The molecule has 6 heteroatoms. The van der Waals surface area contributed by atoms with Gasteiger partial charge in [0.2, 0.25) is 0 Å². The first kappa shape index (κ1) is 17.7. The second kappa shape index (κ2) is 10.6. The van der Waals surface area contributed by atoms with Crippen LogP contribution in [0.3, 0.4) is 0 Å². The van der Waals surface area contributed by atoms with Crippen LogP contribution in [0.15, 0.2) is 22.5 Å². The van der Waals surface area contributed by atoms with Crippen LogP contribution in [-0.4, -0.2) is 44.7 Å². The largest absolute Gasteiger partial charge is 0.383 e. The summed E-state index contributed by atoms with van der Waals surface area (Å²) < 4.78 is 5.00. The average Bonchev–Trinajstić information content (AvgIpc) is 2.81. The zero-order chi connectivity index (χ0) is 12.5. The van der Waals surface area contributed by atoms with Crippen molar-refractivity contribution < 1.29 is 4.74 Å². The van der Waals surface area contributed by atoms with Crippen LogP contribution < -0.4 is 5.32 Å². The highest BCUT2D eigenvalue weighted by atomic mass is 127. The van der Waals surface area contributed by atoms with Gasteiger partial charge in [-0.2, -0.15) is 0 Å². The molecule has 0 radical (unpaired) electrons. The number of ether oxygens (including phenoxy) is 1. The first-order valence-corrected chi connectivity index (χ1v) is 6.66. The maximum atomic E-state index is 5.00. The summed E-state index contributed by atoms with van der Waals surface area (Å²) in [7, 11) is 3.74. The lowest BCUT2D eigenvalue weighted by Crippen LogP contribution is -2.38. The second-order valence-electron chi connectivity index (χ2n) is 3.66. The van der Waals surface area contributed by atoms with Gasteiger partial charge < -0.3 is 15.0 Å². The van der Waals surface area contributed by atoms with Crippen LogP contribution in [-0.2, 0) is 11.3 Å². The molecule has 0 aliphatic heterocycles. The molecule has 4 nitrogen and oxygen atoms in total. The van der Waals surface area contributed by atoms with Crippen LogP contribution in [0, 0.1) is 0 Å². The second-order valence-corrected chi connectivity index (χ2v) is 4.70. The molecule has 0 fully saturated rings. The summed E-state index contributed by atoms with van der Waals surface area (Å²) in [5.41, 5.74) is 0. The molecule has 1 aromatic rings. The number of methoxy groups -OCH3 is 1. The van der Waals surface area contributed by atoms with Crippen molar-refractivity contribution in [2.75, 3.05) is 33.9 Å². The van der Waals surface area contributed by atoms with Crippen molar-refractivity contribution in [3.8, 4) is 0 Å². The number of thiophene rings is 1. The Kier molecular flexibility index (Phi) is 10.4. The van der Waals surface area contributed by atoms with Crippen molar-refractivity contribution in [3.63, 3.8) is 0 Å². The van der Waals surface area contributed by atoms with Gasteiger partial charge in [0.25, 0.3) is 0 Å². The summed E-state index contributed by atoms with van der Waals surface area (Å²) in [6.07, 6.45) is 0. The smallest absolute Gasteiger partial charge is 0.194 e. The zero-order valence-electron chi connectivity index (χ0n) is 11.2. The fourth-order valence-corrected chi connectivity index (χ4v) is 2.18. The van der Waals surface area contributed by atoms with Gasteiger partial charge in [-0.1, -0.05) is 6.07 Å². The quantitative estimate of drug-likeness (QED) is 0.355. The van der Waals surface area contributed by atoms with Crippen LogP contribution >= 0.6 is 35.3 Å². The molecule has 104 valence electrons. The number of rotatable bonds is 6. The van der Waals surface area contributed by atoms with Crippen LogP contribution in [0.1, 0.15) is 11.8 Å². The topological polar surface area (TPSA) is 36.9 Å². The molecular weight excluding hydrogens is 361 g/mol. The SMILES string of the molecule is CCNC(=NCCOC)N(C)Cc1cccs1.I. The highest BCUT2D eigenvalue weighted by Gasteiger charge is 2.06. The van der Waals surface area contributed by atoms with Gasteiger partial charge in [0, 0.05) is 25.6 Å². The Morgan fingerprint density at radius 1 is 1.56 bits per heavy atom. The van der Waals surface area contributed by atoms with E-state index in [2.05, 4.69) is 39.6 Å². The van der Waals surface area contributed by atoms with E-state index < -0.39 is 0 Å². The minimum absolute atomic E-state index is 0. The van der Waals surface area contributed by atoms with E-state index >= 15 is 0 Å². The van der Waals surface area contributed by atoms with Gasteiger partial charge in [-0.05, 0) is 18.4 Å². The predicted octanol–water partition coefficient (Wildman–Crippen LogP) is 2.41. The summed E-state index contributed by atoms with van der Waals surface area (Å²) in [5, 5.41) is 5.37. The molecule has 0 aromatic carbocycles. The van der Waals surface area contributed by atoms with Gasteiger partial charge in [0.1, 0.15) is 0 Å². The highest BCUT2D eigenvalue weighted by molar-refractivity contribution is 14.0. The zero-order valence-corrected chi connectivity index (χ0v) is 14.3. The standard InChI is InChI=1S/C12H21N3OS.HI/c1-4-13-12(14-7-8-16-3)15(2)10-11-6-5-9-17-11;/h5-6,9H,4,7-8,10H2,1-3H3,(H,13,14);1H. The van der Waals surface area contributed by atoms with E-state index in [0.717, 1.165) is 19.0 Å². The molecule has 1 N–H and O–H groups in total. The Morgan fingerprint density at radius 3 is 2.89 bits per heavy atom. The van der Waals surface area contributed by atoms with Crippen molar-refractivity contribution in [1.82, 2.24) is 10.2 Å². The van der Waals surface area contributed by atoms with E-state index in [4.69, 9.17) is 4.74 Å². The third-order valence-corrected chi connectivity index (χ3v) is 3.09. The van der Waals surface area contributed by atoms with E-state index in [0.29, 0.717) is 13.2 Å². The molecule has 18 heavy (non-hydrogen) atoms. The van der Waals surface area contributed by atoms with Crippen molar-refractivity contribution >= 4 is 41.3 Å². The maximum Gasteiger partial charge on any atom is 0.194 e. The highest BCUT2D eigenvalue weighted by Crippen LogP contribution is 2.10. The molecule has 0 spiro atoms. The number of hydrogen-bond donors (Lipinski definition) is 1. The van der Waals surface area contributed by atoms with E-state index in [-0.39, 0.29) is 24.0 Å². The molecule has 0 atom stereocenters. The molecule has 0 saturated carbocycles.